The molecule has 1 saturated heterocycles. The molecular weight excluding hydrogens is 252 g/mol. The first-order valence-electron chi connectivity index (χ1n) is 8.41. The van der Waals surface area contributed by atoms with Crippen molar-refractivity contribution in [3.8, 4) is 0 Å². The van der Waals surface area contributed by atoms with Crippen LogP contribution < -0.4 is 5.32 Å². The van der Waals surface area contributed by atoms with Crippen molar-refractivity contribution in [1.29, 1.82) is 0 Å². The van der Waals surface area contributed by atoms with Gasteiger partial charge >= 0.3 is 5.97 Å². The minimum absolute atomic E-state index is 0.463. The van der Waals surface area contributed by atoms with Gasteiger partial charge in [-0.2, -0.15) is 0 Å². The van der Waals surface area contributed by atoms with E-state index in [9.17, 15) is 9.90 Å². The van der Waals surface area contributed by atoms with Gasteiger partial charge in [-0.1, -0.05) is 6.92 Å². The number of hydrogen-bond acceptors (Lipinski definition) is 3. The minimum atomic E-state index is -0.648. The van der Waals surface area contributed by atoms with Crippen molar-refractivity contribution < 1.29 is 9.90 Å². The molecule has 3 unspecified atom stereocenters. The summed E-state index contributed by atoms with van der Waals surface area (Å²) in [6, 6.07) is 1.62. The molecule has 3 atom stereocenters. The molecule has 1 heterocycles. The first kappa shape index (κ1) is 14.3. The van der Waals surface area contributed by atoms with Crippen LogP contribution in [0.15, 0.2) is 0 Å². The Labute approximate surface area is 121 Å². The Kier molecular flexibility index (Phi) is 4.04. The lowest BCUT2D eigenvalue weighted by Crippen LogP contribution is -2.59. The van der Waals surface area contributed by atoms with E-state index in [-0.39, 0.29) is 0 Å². The van der Waals surface area contributed by atoms with E-state index in [4.69, 9.17) is 0 Å². The van der Waals surface area contributed by atoms with E-state index >= 15 is 0 Å². The Morgan fingerprint density at radius 3 is 2.75 bits per heavy atom. The second-order valence-electron chi connectivity index (χ2n) is 7.00. The van der Waals surface area contributed by atoms with Crippen LogP contribution >= 0.6 is 0 Å². The SMILES string of the molecule is CCC1CCCN1C1CCCC(NC2CC2)(C(=O)O)C1. The average molecular weight is 280 g/mol. The van der Waals surface area contributed by atoms with Crippen LogP contribution in [0.2, 0.25) is 0 Å². The number of rotatable bonds is 5. The molecule has 20 heavy (non-hydrogen) atoms. The molecule has 4 nitrogen and oxygen atoms in total. The molecule has 4 heteroatoms. The van der Waals surface area contributed by atoms with Crippen LogP contribution in [-0.2, 0) is 4.79 Å². The third kappa shape index (κ3) is 2.73. The highest BCUT2D eigenvalue weighted by atomic mass is 16.4. The first-order chi connectivity index (χ1) is 9.64. The van der Waals surface area contributed by atoms with Gasteiger partial charge in [0.1, 0.15) is 5.54 Å². The Balaban J connectivity index is 1.71. The van der Waals surface area contributed by atoms with Crippen molar-refractivity contribution in [2.24, 2.45) is 0 Å². The number of nitrogens with zero attached hydrogens (tertiary/aromatic N) is 1. The second-order valence-corrected chi connectivity index (χ2v) is 7.00. The summed E-state index contributed by atoms with van der Waals surface area (Å²) in [6.45, 7) is 3.43. The smallest absolute Gasteiger partial charge is 0.323 e. The van der Waals surface area contributed by atoms with Crippen LogP contribution in [0.3, 0.4) is 0 Å². The maximum Gasteiger partial charge on any atom is 0.323 e. The molecule has 1 aliphatic heterocycles. The van der Waals surface area contributed by atoms with Crippen molar-refractivity contribution in [3.63, 3.8) is 0 Å². The summed E-state index contributed by atoms with van der Waals surface area (Å²) in [5, 5.41) is 13.2. The summed E-state index contributed by atoms with van der Waals surface area (Å²) in [5.74, 6) is -0.624. The molecule has 0 bridgehead atoms. The molecule has 0 spiro atoms. The van der Waals surface area contributed by atoms with Gasteiger partial charge in [0.05, 0.1) is 0 Å². The monoisotopic (exact) mass is 280 g/mol. The lowest BCUT2D eigenvalue weighted by Gasteiger charge is -2.43. The van der Waals surface area contributed by atoms with Crippen molar-refractivity contribution in [2.45, 2.75) is 88.4 Å². The molecule has 0 aromatic heterocycles. The van der Waals surface area contributed by atoms with Crippen LogP contribution in [0.5, 0.6) is 0 Å². The highest BCUT2D eigenvalue weighted by Crippen LogP contribution is 2.37. The lowest BCUT2D eigenvalue weighted by atomic mass is 9.78. The Morgan fingerprint density at radius 2 is 2.10 bits per heavy atom. The molecule has 3 aliphatic rings. The zero-order valence-electron chi connectivity index (χ0n) is 12.6. The Morgan fingerprint density at radius 1 is 1.30 bits per heavy atom. The standard InChI is InChI=1S/C16H28N2O2/c1-2-13-6-4-10-18(13)14-5-3-9-16(11-14,15(19)20)17-12-7-8-12/h12-14,17H,2-11H2,1H3,(H,19,20). The predicted octanol–water partition coefficient (Wildman–Crippen LogP) is 2.38. The van der Waals surface area contributed by atoms with Gasteiger partial charge in [0.2, 0.25) is 0 Å². The highest BCUT2D eigenvalue weighted by Gasteiger charge is 2.47. The van der Waals surface area contributed by atoms with Crippen LogP contribution in [0.1, 0.15) is 64.7 Å². The van der Waals surface area contributed by atoms with Crippen molar-refractivity contribution in [2.75, 3.05) is 6.54 Å². The van der Waals surface area contributed by atoms with E-state index in [1.807, 2.05) is 0 Å². The van der Waals surface area contributed by atoms with E-state index in [0.29, 0.717) is 18.1 Å². The second kappa shape index (κ2) is 5.64. The predicted molar refractivity (Wildman–Crippen MR) is 78.8 cm³/mol. The van der Waals surface area contributed by atoms with Crippen LogP contribution in [0.25, 0.3) is 0 Å². The van der Waals surface area contributed by atoms with Gasteiger partial charge in [-0.25, -0.2) is 0 Å². The van der Waals surface area contributed by atoms with Crippen LogP contribution in [-0.4, -0.2) is 46.2 Å². The fourth-order valence-electron chi connectivity index (χ4n) is 4.31. The molecule has 2 N–H and O–H groups in total. The number of hydrogen-bond donors (Lipinski definition) is 2. The Bertz CT molecular complexity index is 369. The van der Waals surface area contributed by atoms with Crippen molar-refractivity contribution in [3.05, 3.63) is 0 Å². The molecule has 2 aliphatic carbocycles. The lowest BCUT2D eigenvalue weighted by molar-refractivity contribution is -0.147. The molecule has 3 rings (SSSR count). The summed E-state index contributed by atoms with van der Waals surface area (Å²) in [7, 11) is 0. The minimum Gasteiger partial charge on any atom is -0.480 e. The van der Waals surface area contributed by atoms with Gasteiger partial charge in [0, 0.05) is 18.1 Å². The zero-order valence-corrected chi connectivity index (χ0v) is 12.6. The molecular formula is C16H28N2O2. The highest BCUT2D eigenvalue weighted by molar-refractivity contribution is 5.79. The molecule has 2 saturated carbocycles. The molecule has 0 radical (unpaired) electrons. The van der Waals surface area contributed by atoms with Crippen LogP contribution in [0.4, 0.5) is 0 Å². The van der Waals surface area contributed by atoms with E-state index in [1.54, 1.807) is 0 Å². The number of carboxylic acids is 1. The summed E-state index contributed by atoms with van der Waals surface area (Å²) in [4.78, 5) is 14.5. The molecule has 114 valence electrons. The molecule has 0 aromatic carbocycles. The Hall–Kier alpha value is -0.610. The average Bonchev–Trinajstić information content (AvgIpc) is 3.12. The largest absolute Gasteiger partial charge is 0.480 e. The van der Waals surface area contributed by atoms with Crippen LogP contribution in [0, 0.1) is 0 Å². The summed E-state index contributed by atoms with van der Waals surface area (Å²) < 4.78 is 0. The number of likely N-dealkylation sites (tertiary alicyclic amines) is 1. The van der Waals surface area contributed by atoms with Gasteiger partial charge in [0.25, 0.3) is 0 Å². The molecule has 3 fully saturated rings. The van der Waals surface area contributed by atoms with E-state index in [1.165, 1.54) is 32.2 Å². The number of carboxylic acid groups (broad SMARTS) is 1. The van der Waals surface area contributed by atoms with Gasteiger partial charge in [-0.15, -0.1) is 0 Å². The van der Waals surface area contributed by atoms with E-state index < -0.39 is 11.5 Å². The maximum atomic E-state index is 11.9. The number of aliphatic carboxylic acids is 1. The third-order valence-corrected chi connectivity index (χ3v) is 5.56. The van der Waals surface area contributed by atoms with Gasteiger partial charge in [0.15, 0.2) is 0 Å². The number of nitrogens with one attached hydrogen (secondary N) is 1. The van der Waals surface area contributed by atoms with Crippen molar-refractivity contribution in [1.82, 2.24) is 10.2 Å². The third-order valence-electron chi connectivity index (χ3n) is 5.56. The summed E-state index contributed by atoms with van der Waals surface area (Å²) >= 11 is 0. The summed E-state index contributed by atoms with van der Waals surface area (Å²) in [6.07, 6.45) is 9.92. The van der Waals surface area contributed by atoms with E-state index in [2.05, 4.69) is 17.1 Å². The topological polar surface area (TPSA) is 52.6 Å². The zero-order chi connectivity index (χ0) is 14.2. The molecule has 0 amide bonds. The van der Waals surface area contributed by atoms with Gasteiger partial charge < -0.3 is 5.11 Å². The summed E-state index contributed by atoms with van der Waals surface area (Å²) in [5.41, 5.74) is -0.648. The van der Waals surface area contributed by atoms with Crippen molar-refractivity contribution >= 4 is 5.97 Å². The van der Waals surface area contributed by atoms with Gasteiger partial charge in [-0.05, 0) is 64.3 Å². The fourth-order valence-corrected chi connectivity index (χ4v) is 4.31. The molecule has 0 aromatic rings. The maximum absolute atomic E-state index is 11.9. The van der Waals surface area contributed by atoms with Gasteiger partial charge in [-0.3, -0.25) is 15.0 Å². The number of carbonyl (C=O) groups is 1. The van der Waals surface area contributed by atoms with E-state index in [0.717, 1.165) is 32.1 Å². The quantitative estimate of drug-likeness (QED) is 0.812. The normalized spacial score (nSPS) is 39.0. The first-order valence-corrected chi connectivity index (χ1v) is 8.41. The fraction of sp³-hybridized carbons (Fsp3) is 0.938.